The van der Waals surface area contributed by atoms with E-state index in [-0.39, 0.29) is 16.2 Å². The van der Waals surface area contributed by atoms with Gasteiger partial charge in [0, 0.05) is 6.20 Å². The third kappa shape index (κ3) is 2.57. The molecule has 3 rings (SSSR count). The van der Waals surface area contributed by atoms with Crippen LogP contribution < -0.4 is 0 Å². The van der Waals surface area contributed by atoms with Crippen LogP contribution in [0.5, 0.6) is 0 Å². The van der Waals surface area contributed by atoms with E-state index in [9.17, 15) is 13.2 Å². The van der Waals surface area contributed by atoms with Crippen molar-refractivity contribution in [2.75, 3.05) is 7.11 Å². The Bertz CT molecular complexity index is 991. The molecule has 0 aliphatic rings. The van der Waals surface area contributed by atoms with E-state index in [2.05, 4.69) is 14.7 Å². The molecule has 0 N–H and O–H groups in total. The molecule has 2 aromatic heterocycles. The number of carbonyl (C=O) groups excluding carboxylic acids is 1. The molecule has 0 saturated heterocycles. The number of esters is 1. The highest BCUT2D eigenvalue weighted by atomic mass is 32.2. The fourth-order valence-electron chi connectivity index (χ4n) is 2.11. The lowest BCUT2D eigenvalue weighted by Crippen LogP contribution is -2.13. The van der Waals surface area contributed by atoms with Crippen LogP contribution in [0.1, 0.15) is 16.1 Å². The number of aryl methyl sites for hydroxylation is 1. The third-order valence-corrected chi connectivity index (χ3v) is 5.01. The summed E-state index contributed by atoms with van der Waals surface area (Å²) in [6.45, 7) is 1.88. The molecule has 0 fully saturated rings. The molecular weight excluding hydrogens is 318 g/mol. The molecule has 0 aliphatic heterocycles. The number of hydrogen-bond acceptors (Lipinski definition) is 6. The van der Waals surface area contributed by atoms with Gasteiger partial charge in [0.1, 0.15) is 5.52 Å². The molecule has 3 aromatic rings. The van der Waals surface area contributed by atoms with Crippen LogP contribution >= 0.6 is 0 Å². The first-order valence-electron chi connectivity index (χ1n) is 6.68. The van der Waals surface area contributed by atoms with Crippen LogP contribution in [-0.4, -0.2) is 35.4 Å². The van der Waals surface area contributed by atoms with Crippen molar-refractivity contribution in [2.45, 2.75) is 11.8 Å². The van der Waals surface area contributed by atoms with Crippen molar-refractivity contribution < 1.29 is 17.9 Å². The zero-order chi connectivity index (χ0) is 16.6. The van der Waals surface area contributed by atoms with Crippen LogP contribution in [0.15, 0.2) is 47.6 Å². The van der Waals surface area contributed by atoms with Gasteiger partial charge in [-0.1, -0.05) is 17.7 Å². The summed E-state index contributed by atoms with van der Waals surface area (Å²) in [4.78, 5) is 19.7. The molecule has 23 heavy (non-hydrogen) atoms. The summed E-state index contributed by atoms with van der Waals surface area (Å²) < 4.78 is 31.0. The van der Waals surface area contributed by atoms with Gasteiger partial charge in [-0.05, 0) is 25.1 Å². The molecule has 0 unspecified atom stereocenters. The number of nitrogens with zero attached hydrogens (tertiary/aromatic N) is 3. The van der Waals surface area contributed by atoms with Crippen LogP contribution in [0.25, 0.3) is 11.2 Å². The number of rotatable bonds is 3. The van der Waals surface area contributed by atoms with Crippen molar-refractivity contribution in [3.63, 3.8) is 0 Å². The number of carbonyl (C=O) groups is 1. The van der Waals surface area contributed by atoms with Crippen molar-refractivity contribution in [1.29, 1.82) is 0 Å². The fraction of sp³-hybridized carbons (Fsp3) is 0.133. The van der Waals surface area contributed by atoms with Gasteiger partial charge in [0.05, 0.1) is 18.2 Å². The molecule has 0 aliphatic carbocycles. The molecule has 0 atom stereocenters. The van der Waals surface area contributed by atoms with Crippen molar-refractivity contribution in [3.05, 3.63) is 54.0 Å². The van der Waals surface area contributed by atoms with Crippen LogP contribution in [0, 0.1) is 6.92 Å². The van der Waals surface area contributed by atoms with Gasteiger partial charge in [-0.25, -0.2) is 27.2 Å². The van der Waals surface area contributed by atoms with Crippen LogP contribution in [0.4, 0.5) is 0 Å². The molecule has 2 heterocycles. The summed E-state index contributed by atoms with van der Waals surface area (Å²) in [6, 6.07) is 8.00. The summed E-state index contributed by atoms with van der Waals surface area (Å²) in [6.07, 6.45) is 2.55. The quantitative estimate of drug-likeness (QED) is 0.679. The van der Waals surface area contributed by atoms with Gasteiger partial charge in [0.25, 0.3) is 10.0 Å². The predicted molar refractivity (Wildman–Crippen MR) is 82.6 cm³/mol. The first kappa shape index (κ1) is 15.2. The van der Waals surface area contributed by atoms with E-state index in [1.807, 2.05) is 6.92 Å². The molecule has 7 nitrogen and oxygen atoms in total. The smallest absolute Gasteiger partial charge is 0.358 e. The van der Waals surface area contributed by atoms with Crippen molar-refractivity contribution >= 4 is 27.2 Å². The topological polar surface area (TPSA) is 91.1 Å². The Morgan fingerprint density at radius 3 is 2.52 bits per heavy atom. The summed E-state index contributed by atoms with van der Waals surface area (Å²) in [5, 5.41) is 0. The fourth-order valence-corrected chi connectivity index (χ4v) is 3.40. The zero-order valence-corrected chi connectivity index (χ0v) is 13.2. The van der Waals surface area contributed by atoms with Crippen LogP contribution in [-0.2, 0) is 14.8 Å². The lowest BCUT2D eigenvalue weighted by Gasteiger charge is -2.07. The van der Waals surface area contributed by atoms with Crippen molar-refractivity contribution in [3.8, 4) is 0 Å². The average molecular weight is 331 g/mol. The summed E-state index contributed by atoms with van der Waals surface area (Å²) in [5.41, 5.74) is 1.43. The minimum Gasteiger partial charge on any atom is -0.464 e. The number of ether oxygens (including phenoxy) is 1. The second-order valence-corrected chi connectivity index (χ2v) is 6.70. The maximum Gasteiger partial charge on any atom is 0.358 e. The highest BCUT2D eigenvalue weighted by Crippen LogP contribution is 2.20. The lowest BCUT2D eigenvalue weighted by atomic mass is 10.2. The second-order valence-electron chi connectivity index (χ2n) is 4.89. The van der Waals surface area contributed by atoms with Gasteiger partial charge in [-0.15, -0.1) is 0 Å². The summed E-state index contributed by atoms with van der Waals surface area (Å²) in [7, 11) is -2.54. The Morgan fingerprint density at radius 1 is 1.17 bits per heavy atom. The number of benzene rings is 1. The Morgan fingerprint density at radius 2 is 1.87 bits per heavy atom. The van der Waals surface area contributed by atoms with Crippen molar-refractivity contribution in [2.24, 2.45) is 0 Å². The molecular formula is C15H13N3O4S. The van der Waals surface area contributed by atoms with Gasteiger partial charge in [0.2, 0.25) is 0 Å². The minimum atomic E-state index is -3.78. The molecule has 0 spiro atoms. The molecule has 0 radical (unpaired) electrons. The van der Waals surface area contributed by atoms with E-state index in [4.69, 9.17) is 0 Å². The van der Waals surface area contributed by atoms with E-state index in [0.29, 0.717) is 5.52 Å². The number of methoxy groups -OCH3 is 1. The highest BCUT2D eigenvalue weighted by molar-refractivity contribution is 7.90. The van der Waals surface area contributed by atoms with Gasteiger partial charge in [-0.2, -0.15) is 0 Å². The molecule has 0 amide bonds. The van der Waals surface area contributed by atoms with Crippen LogP contribution in [0.2, 0.25) is 0 Å². The zero-order valence-electron chi connectivity index (χ0n) is 12.4. The Balaban J connectivity index is 2.13. The van der Waals surface area contributed by atoms with E-state index < -0.39 is 16.0 Å². The number of aromatic nitrogens is 3. The van der Waals surface area contributed by atoms with E-state index >= 15 is 0 Å². The first-order valence-corrected chi connectivity index (χ1v) is 8.12. The molecule has 0 bridgehead atoms. The lowest BCUT2D eigenvalue weighted by molar-refractivity contribution is 0.0594. The minimum absolute atomic E-state index is 0.0190. The highest BCUT2D eigenvalue weighted by Gasteiger charge is 2.21. The third-order valence-electron chi connectivity index (χ3n) is 3.33. The molecule has 8 heteroatoms. The van der Waals surface area contributed by atoms with Crippen LogP contribution in [0.3, 0.4) is 0 Å². The monoisotopic (exact) mass is 331 g/mol. The van der Waals surface area contributed by atoms with Gasteiger partial charge in [-0.3, -0.25) is 0 Å². The largest absolute Gasteiger partial charge is 0.464 e. The summed E-state index contributed by atoms with van der Waals surface area (Å²) >= 11 is 0. The summed E-state index contributed by atoms with van der Waals surface area (Å²) in [5.74, 6) is -0.631. The predicted octanol–water partition coefficient (Wildman–Crippen LogP) is 1.76. The first-order chi connectivity index (χ1) is 10.9. The number of fused-ring (bicyclic) bond motifs is 1. The maximum atomic E-state index is 12.7. The van der Waals surface area contributed by atoms with E-state index in [1.54, 1.807) is 12.1 Å². The van der Waals surface area contributed by atoms with Gasteiger partial charge in [0.15, 0.2) is 11.3 Å². The van der Waals surface area contributed by atoms with Gasteiger partial charge < -0.3 is 4.74 Å². The number of hydrogen-bond donors (Lipinski definition) is 0. The van der Waals surface area contributed by atoms with Crippen molar-refractivity contribution in [1.82, 2.24) is 13.9 Å². The molecule has 118 valence electrons. The van der Waals surface area contributed by atoms with E-state index in [1.165, 1.54) is 37.7 Å². The van der Waals surface area contributed by atoms with E-state index in [0.717, 1.165) is 9.54 Å². The average Bonchev–Trinajstić information content (AvgIpc) is 2.98. The Hall–Kier alpha value is -2.74. The standard InChI is InChI=1S/C15H13N3O4S/c1-10-3-5-11(6-4-10)23(20,21)18-8-7-12-14(18)16-9-13(17-12)15(19)22-2/h3-9H,1-2H3. The molecule has 0 saturated carbocycles. The maximum absolute atomic E-state index is 12.7. The normalized spacial score (nSPS) is 11.6. The SMILES string of the molecule is COC(=O)c1cnc2c(ccn2S(=O)(=O)c2ccc(C)cc2)n1. The molecule has 1 aromatic carbocycles. The second kappa shape index (κ2) is 5.47. The Kier molecular flexibility index (Phi) is 3.61. The Labute approximate surface area is 132 Å². The van der Waals surface area contributed by atoms with Gasteiger partial charge >= 0.3 is 5.97 Å².